The lowest BCUT2D eigenvalue weighted by Crippen LogP contribution is -2.40. The molecule has 0 fully saturated rings. The van der Waals surface area contributed by atoms with Gasteiger partial charge in [-0.25, -0.2) is 4.79 Å². The Hall–Kier alpha value is -2.28. The van der Waals surface area contributed by atoms with Crippen molar-refractivity contribution in [3.8, 4) is 6.07 Å². The summed E-state index contributed by atoms with van der Waals surface area (Å²) < 4.78 is 0. The molecule has 0 aromatic heterocycles. The molecule has 1 rings (SSSR count). The van der Waals surface area contributed by atoms with E-state index in [9.17, 15) is 4.79 Å². The standard InChI is InChI=1S/C13H15N3O/c1-3-9-15-13(17)16(4-2)12-8-6-5-7-11(12)10-14/h3,5-8H,1,4,9H2,2H3,(H,15,17). The van der Waals surface area contributed by atoms with E-state index in [1.165, 1.54) is 4.90 Å². The second kappa shape index (κ2) is 6.33. The third kappa shape index (κ3) is 3.08. The molecule has 88 valence electrons. The monoisotopic (exact) mass is 229 g/mol. The molecule has 4 nitrogen and oxygen atoms in total. The normalized spacial score (nSPS) is 9.18. The van der Waals surface area contributed by atoms with Crippen molar-refractivity contribution >= 4 is 11.7 Å². The van der Waals surface area contributed by atoms with Crippen LogP contribution in [-0.2, 0) is 0 Å². The third-order valence-electron chi connectivity index (χ3n) is 2.27. The summed E-state index contributed by atoms with van der Waals surface area (Å²) in [6, 6.07) is 8.89. The van der Waals surface area contributed by atoms with Crippen LogP contribution in [0.4, 0.5) is 10.5 Å². The molecule has 0 spiro atoms. The van der Waals surface area contributed by atoms with Gasteiger partial charge in [0.15, 0.2) is 0 Å². The number of nitriles is 1. The predicted molar refractivity (Wildman–Crippen MR) is 67.8 cm³/mol. The van der Waals surface area contributed by atoms with Crippen LogP contribution in [0.2, 0.25) is 0 Å². The number of anilines is 1. The number of nitrogens with zero attached hydrogens (tertiary/aromatic N) is 2. The third-order valence-corrected chi connectivity index (χ3v) is 2.27. The number of rotatable bonds is 4. The first-order valence-electron chi connectivity index (χ1n) is 5.40. The van der Waals surface area contributed by atoms with E-state index in [0.717, 1.165) is 0 Å². The van der Waals surface area contributed by atoms with Gasteiger partial charge in [0, 0.05) is 13.1 Å². The number of carbonyl (C=O) groups is 1. The molecular formula is C13H15N3O. The average Bonchev–Trinajstić information content (AvgIpc) is 2.37. The van der Waals surface area contributed by atoms with Crippen molar-refractivity contribution in [1.82, 2.24) is 5.32 Å². The van der Waals surface area contributed by atoms with Crippen molar-refractivity contribution in [3.63, 3.8) is 0 Å². The van der Waals surface area contributed by atoms with Crippen molar-refractivity contribution < 1.29 is 4.79 Å². The van der Waals surface area contributed by atoms with E-state index in [4.69, 9.17) is 5.26 Å². The molecule has 0 atom stereocenters. The number of benzene rings is 1. The summed E-state index contributed by atoms with van der Waals surface area (Å²) in [5.41, 5.74) is 1.11. The molecule has 0 saturated heterocycles. The number of amides is 2. The molecular weight excluding hydrogens is 214 g/mol. The van der Waals surface area contributed by atoms with E-state index in [1.54, 1.807) is 30.3 Å². The van der Waals surface area contributed by atoms with E-state index in [-0.39, 0.29) is 6.03 Å². The largest absolute Gasteiger partial charge is 0.334 e. The summed E-state index contributed by atoms with van der Waals surface area (Å²) in [6.07, 6.45) is 1.61. The minimum atomic E-state index is -0.227. The molecule has 0 radical (unpaired) electrons. The lowest BCUT2D eigenvalue weighted by Gasteiger charge is -2.22. The van der Waals surface area contributed by atoms with Crippen molar-refractivity contribution in [2.75, 3.05) is 18.0 Å². The number of carbonyl (C=O) groups excluding carboxylic acids is 1. The first-order chi connectivity index (χ1) is 8.24. The molecule has 0 heterocycles. The molecule has 0 unspecified atom stereocenters. The minimum Gasteiger partial charge on any atom is -0.334 e. The van der Waals surface area contributed by atoms with Gasteiger partial charge in [0.2, 0.25) is 0 Å². The van der Waals surface area contributed by atoms with Gasteiger partial charge in [0.05, 0.1) is 11.3 Å². The van der Waals surface area contributed by atoms with Crippen LogP contribution < -0.4 is 10.2 Å². The van der Waals surface area contributed by atoms with Gasteiger partial charge < -0.3 is 5.32 Å². The Morgan fingerprint density at radius 1 is 1.59 bits per heavy atom. The molecule has 17 heavy (non-hydrogen) atoms. The van der Waals surface area contributed by atoms with Crippen molar-refractivity contribution in [2.24, 2.45) is 0 Å². The van der Waals surface area contributed by atoms with Crippen LogP contribution in [-0.4, -0.2) is 19.1 Å². The van der Waals surface area contributed by atoms with E-state index < -0.39 is 0 Å². The molecule has 4 heteroatoms. The van der Waals surface area contributed by atoms with Crippen LogP contribution in [0, 0.1) is 11.3 Å². The number of hydrogen-bond donors (Lipinski definition) is 1. The van der Waals surface area contributed by atoms with Gasteiger partial charge >= 0.3 is 6.03 Å². The smallest absolute Gasteiger partial charge is 0.322 e. The maximum atomic E-state index is 11.9. The highest BCUT2D eigenvalue weighted by atomic mass is 16.2. The van der Waals surface area contributed by atoms with E-state index in [0.29, 0.717) is 24.3 Å². The fourth-order valence-corrected chi connectivity index (χ4v) is 1.48. The maximum Gasteiger partial charge on any atom is 0.322 e. The van der Waals surface area contributed by atoms with Crippen LogP contribution in [0.15, 0.2) is 36.9 Å². The maximum absolute atomic E-state index is 11.9. The number of nitrogens with one attached hydrogen (secondary N) is 1. The van der Waals surface area contributed by atoms with Crippen molar-refractivity contribution in [1.29, 1.82) is 5.26 Å². The Morgan fingerprint density at radius 3 is 2.88 bits per heavy atom. The summed E-state index contributed by atoms with van der Waals surface area (Å²) in [5.74, 6) is 0. The van der Waals surface area contributed by atoms with Gasteiger partial charge in [-0.2, -0.15) is 5.26 Å². The van der Waals surface area contributed by atoms with E-state index >= 15 is 0 Å². The lowest BCUT2D eigenvalue weighted by atomic mass is 10.2. The van der Waals surface area contributed by atoms with E-state index in [1.807, 2.05) is 6.92 Å². The highest BCUT2D eigenvalue weighted by molar-refractivity contribution is 5.93. The SMILES string of the molecule is C=CCNC(=O)N(CC)c1ccccc1C#N. The van der Waals surface area contributed by atoms with Crippen LogP contribution in [0.5, 0.6) is 0 Å². The zero-order valence-corrected chi connectivity index (χ0v) is 9.81. The fourth-order valence-electron chi connectivity index (χ4n) is 1.48. The number of para-hydroxylation sites is 1. The lowest BCUT2D eigenvalue weighted by molar-refractivity contribution is 0.247. The molecule has 1 N–H and O–H groups in total. The molecule has 0 aliphatic carbocycles. The van der Waals surface area contributed by atoms with Gasteiger partial charge in [-0.3, -0.25) is 4.90 Å². The van der Waals surface area contributed by atoms with Gasteiger partial charge in [-0.15, -0.1) is 6.58 Å². The Balaban J connectivity index is 2.97. The van der Waals surface area contributed by atoms with Gasteiger partial charge in [0.1, 0.15) is 6.07 Å². The fraction of sp³-hybridized carbons (Fsp3) is 0.231. The number of hydrogen-bond acceptors (Lipinski definition) is 2. The van der Waals surface area contributed by atoms with Crippen molar-refractivity contribution in [2.45, 2.75) is 6.92 Å². The van der Waals surface area contributed by atoms with Crippen LogP contribution >= 0.6 is 0 Å². The zero-order chi connectivity index (χ0) is 12.7. The second-order valence-corrected chi connectivity index (χ2v) is 3.35. The Bertz CT molecular complexity index is 448. The highest BCUT2D eigenvalue weighted by Crippen LogP contribution is 2.19. The molecule has 0 aliphatic heterocycles. The van der Waals surface area contributed by atoms with Crippen LogP contribution in [0.3, 0.4) is 0 Å². The Morgan fingerprint density at radius 2 is 2.29 bits per heavy atom. The zero-order valence-electron chi connectivity index (χ0n) is 9.81. The summed E-state index contributed by atoms with van der Waals surface area (Å²) in [4.78, 5) is 13.4. The second-order valence-electron chi connectivity index (χ2n) is 3.35. The van der Waals surface area contributed by atoms with Gasteiger partial charge in [0.25, 0.3) is 0 Å². The number of urea groups is 1. The summed E-state index contributed by atoms with van der Waals surface area (Å²) in [7, 11) is 0. The average molecular weight is 229 g/mol. The molecule has 0 saturated carbocycles. The molecule has 1 aromatic carbocycles. The Kier molecular flexibility index (Phi) is 4.77. The van der Waals surface area contributed by atoms with Crippen LogP contribution in [0.1, 0.15) is 12.5 Å². The van der Waals surface area contributed by atoms with Crippen LogP contribution in [0.25, 0.3) is 0 Å². The molecule has 2 amide bonds. The molecule has 0 bridgehead atoms. The summed E-state index contributed by atoms with van der Waals surface area (Å²) in [6.45, 7) is 6.31. The van der Waals surface area contributed by atoms with E-state index in [2.05, 4.69) is 18.0 Å². The topological polar surface area (TPSA) is 56.1 Å². The van der Waals surface area contributed by atoms with Gasteiger partial charge in [-0.05, 0) is 19.1 Å². The first-order valence-corrected chi connectivity index (χ1v) is 5.40. The van der Waals surface area contributed by atoms with Gasteiger partial charge in [-0.1, -0.05) is 18.2 Å². The summed E-state index contributed by atoms with van der Waals surface area (Å²) >= 11 is 0. The first kappa shape index (κ1) is 12.8. The molecule has 0 aliphatic rings. The Labute approximate surface area is 101 Å². The quantitative estimate of drug-likeness (QED) is 0.805. The highest BCUT2D eigenvalue weighted by Gasteiger charge is 2.15. The van der Waals surface area contributed by atoms with Crippen molar-refractivity contribution in [3.05, 3.63) is 42.5 Å². The summed E-state index contributed by atoms with van der Waals surface area (Å²) in [5, 5.41) is 11.7. The molecule has 1 aromatic rings. The predicted octanol–water partition coefficient (Wildman–Crippen LogP) is 2.28. The minimum absolute atomic E-state index is 0.227.